The normalized spacial score (nSPS) is 10.7. The van der Waals surface area contributed by atoms with Crippen molar-refractivity contribution >= 4 is 24.1 Å². The van der Waals surface area contributed by atoms with Gasteiger partial charge in [-0.1, -0.05) is 24.8 Å². The summed E-state index contributed by atoms with van der Waals surface area (Å²) in [6.07, 6.45) is 6.30. The highest BCUT2D eigenvalue weighted by atomic mass is 16.5. The minimum atomic E-state index is -0.949. The Morgan fingerprint density at radius 1 is 1.18 bits per heavy atom. The summed E-state index contributed by atoms with van der Waals surface area (Å²) in [7, 11) is 0. The van der Waals surface area contributed by atoms with Crippen LogP contribution < -0.4 is 4.74 Å². The van der Waals surface area contributed by atoms with E-state index in [1.165, 1.54) is 6.08 Å². The number of carbonyl (C=O) groups is 2. The molecule has 148 valence electrons. The topological polar surface area (TPSA) is 115 Å². The molecule has 0 aliphatic heterocycles. The number of ether oxygens (including phenoxy) is 3. The predicted octanol–water partition coefficient (Wildman–Crippen LogP) is 2.93. The van der Waals surface area contributed by atoms with E-state index in [4.69, 9.17) is 14.7 Å². The van der Waals surface area contributed by atoms with Gasteiger partial charge in [0, 0.05) is 6.42 Å². The van der Waals surface area contributed by atoms with E-state index in [0.717, 1.165) is 5.56 Å². The number of unbranched alkanes of at least 4 members (excludes halogenated alkanes) is 1. The van der Waals surface area contributed by atoms with Crippen LogP contribution in [0.3, 0.4) is 0 Å². The number of nitriles is 1. The Hall–Kier alpha value is -3.43. The maximum atomic E-state index is 11.9. The number of hydrogen-bond donors (Lipinski definition) is 0. The van der Waals surface area contributed by atoms with Crippen LogP contribution in [0.25, 0.3) is 6.08 Å². The predicted molar refractivity (Wildman–Crippen MR) is 99.7 cm³/mol. The first kappa shape index (κ1) is 22.6. The lowest BCUT2D eigenvalue weighted by atomic mass is 10.1. The Bertz CT molecular complexity index is 732. The fourth-order valence-corrected chi connectivity index (χ4v) is 2.20. The molecule has 0 spiro atoms. The highest BCUT2D eigenvalue weighted by Gasteiger charge is 2.19. The lowest BCUT2D eigenvalue weighted by Gasteiger charge is -2.10. The van der Waals surface area contributed by atoms with Crippen molar-refractivity contribution in [3.63, 3.8) is 0 Å². The number of aliphatic imine (C=N–C) groups is 1. The van der Waals surface area contributed by atoms with Crippen LogP contribution in [0.4, 0.5) is 0 Å². The first-order chi connectivity index (χ1) is 13.6. The Balaban J connectivity index is 2.28. The van der Waals surface area contributed by atoms with Gasteiger partial charge in [-0.25, -0.2) is 9.59 Å². The van der Waals surface area contributed by atoms with Crippen molar-refractivity contribution in [3.8, 4) is 12.0 Å². The van der Waals surface area contributed by atoms with Gasteiger partial charge in [0.15, 0.2) is 6.04 Å². The molecule has 0 N–H and O–H groups in total. The Morgan fingerprint density at radius 3 is 2.57 bits per heavy atom. The molecule has 0 fully saturated rings. The third-order valence-electron chi connectivity index (χ3n) is 3.64. The van der Waals surface area contributed by atoms with Crippen LogP contribution >= 0.6 is 0 Å². The lowest BCUT2D eigenvalue weighted by molar-refractivity contribution is -0.146. The van der Waals surface area contributed by atoms with Crippen molar-refractivity contribution in [1.29, 1.82) is 5.26 Å². The van der Waals surface area contributed by atoms with Gasteiger partial charge in [0.1, 0.15) is 12.4 Å². The molecule has 0 saturated carbocycles. The molecule has 0 saturated heterocycles. The molecule has 1 aromatic rings. The molecular formula is C20H22N2O6. The highest BCUT2D eigenvalue weighted by molar-refractivity contribution is 5.77. The summed E-state index contributed by atoms with van der Waals surface area (Å²) < 4.78 is 14.8. The van der Waals surface area contributed by atoms with E-state index < -0.39 is 18.0 Å². The average molecular weight is 386 g/mol. The first-order valence-electron chi connectivity index (χ1n) is 8.78. The van der Waals surface area contributed by atoms with E-state index in [1.807, 2.05) is 0 Å². The van der Waals surface area contributed by atoms with Gasteiger partial charge in [0.05, 0.1) is 6.61 Å². The minimum Gasteiger partial charge on any atom is -0.464 e. The zero-order chi connectivity index (χ0) is 20.6. The van der Waals surface area contributed by atoms with Gasteiger partial charge in [0.25, 0.3) is 6.26 Å². The number of carbonyl (C=O) groups excluding carboxylic acids is 3. The van der Waals surface area contributed by atoms with E-state index in [0.29, 0.717) is 18.6 Å². The van der Waals surface area contributed by atoms with Crippen LogP contribution in [0.5, 0.6) is 5.75 Å². The maximum Gasteiger partial charge on any atom is 0.331 e. The molecule has 0 amide bonds. The molecule has 0 bridgehead atoms. The van der Waals surface area contributed by atoms with Crippen LogP contribution in [0.15, 0.2) is 35.8 Å². The Labute approximate surface area is 163 Å². The van der Waals surface area contributed by atoms with Crippen LogP contribution in [-0.2, 0) is 23.9 Å². The standard InChI is InChI=1S/C20H22N2O6/c1-2-16-8-10-17(11-9-16)28-19(24)7-5-13-27-20(25)18(22-15-23)6-3-4-12-26-14-21/h2,8-11,18H,1,3-7,12-13H2. The van der Waals surface area contributed by atoms with Crippen molar-refractivity contribution in [2.75, 3.05) is 13.2 Å². The largest absolute Gasteiger partial charge is 0.464 e. The quantitative estimate of drug-likeness (QED) is 0.128. The smallest absolute Gasteiger partial charge is 0.331 e. The monoisotopic (exact) mass is 386 g/mol. The van der Waals surface area contributed by atoms with E-state index in [-0.39, 0.29) is 32.5 Å². The number of hydrogen-bond acceptors (Lipinski definition) is 8. The van der Waals surface area contributed by atoms with Crippen LogP contribution in [-0.4, -0.2) is 37.3 Å². The highest BCUT2D eigenvalue weighted by Crippen LogP contribution is 2.14. The summed E-state index contributed by atoms with van der Waals surface area (Å²) in [5, 5.41) is 8.26. The molecule has 0 radical (unpaired) electrons. The van der Waals surface area contributed by atoms with Crippen LogP contribution in [0.1, 0.15) is 37.7 Å². The Morgan fingerprint density at radius 2 is 1.93 bits per heavy atom. The van der Waals surface area contributed by atoms with E-state index in [2.05, 4.69) is 16.3 Å². The van der Waals surface area contributed by atoms with Gasteiger partial charge in [0.2, 0.25) is 6.08 Å². The van der Waals surface area contributed by atoms with Crippen molar-refractivity contribution in [2.24, 2.45) is 4.99 Å². The number of isocyanates is 1. The first-order valence-corrected chi connectivity index (χ1v) is 8.78. The van der Waals surface area contributed by atoms with E-state index >= 15 is 0 Å². The molecule has 1 atom stereocenters. The Kier molecular flexibility index (Phi) is 11.1. The number of nitrogens with zero attached hydrogens (tertiary/aromatic N) is 2. The van der Waals surface area contributed by atoms with Crippen LogP contribution in [0, 0.1) is 11.5 Å². The zero-order valence-electron chi connectivity index (χ0n) is 15.5. The summed E-state index contributed by atoms with van der Waals surface area (Å²) in [6.45, 7) is 3.89. The molecule has 0 aromatic heterocycles. The third kappa shape index (κ3) is 9.32. The van der Waals surface area contributed by atoms with Crippen molar-refractivity contribution in [2.45, 2.75) is 38.1 Å². The molecule has 8 nitrogen and oxygen atoms in total. The van der Waals surface area contributed by atoms with Gasteiger partial charge in [-0.15, -0.1) is 0 Å². The van der Waals surface area contributed by atoms with Crippen LogP contribution in [0.2, 0.25) is 0 Å². The number of rotatable bonds is 13. The molecule has 0 aliphatic carbocycles. The van der Waals surface area contributed by atoms with Gasteiger partial charge in [-0.05, 0) is 43.4 Å². The van der Waals surface area contributed by atoms with Crippen molar-refractivity contribution in [3.05, 3.63) is 36.4 Å². The zero-order valence-corrected chi connectivity index (χ0v) is 15.5. The average Bonchev–Trinajstić information content (AvgIpc) is 2.70. The molecular weight excluding hydrogens is 364 g/mol. The molecule has 0 aliphatic rings. The summed E-state index contributed by atoms with van der Waals surface area (Å²) in [5.74, 6) is -0.673. The van der Waals surface area contributed by atoms with Gasteiger partial charge in [-0.2, -0.15) is 10.3 Å². The molecule has 1 aromatic carbocycles. The summed E-state index contributed by atoms with van der Waals surface area (Å²) >= 11 is 0. The molecule has 8 heteroatoms. The van der Waals surface area contributed by atoms with Gasteiger partial charge >= 0.3 is 11.9 Å². The second-order valence-electron chi connectivity index (χ2n) is 5.69. The van der Waals surface area contributed by atoms with Crippen molar-refractivity contribution < 1.29 is 28.6 Å². The van der Waals surface area contributed by atoms with Gasteiger partial charge in [-0.3, -0.25) is 4.79 Å². The van der Waals surface area contributed by atoms with Gasteiger partial charge < -0.3 is 14.2 Å². The fraction of sp³-hybridized carbons (Fsp3) is 0.400. The number of benzene rings is 1. The summed E-state index contributed by atoms with van der Waals surface area (Å²) in [6, 6.07) is 5.93. The van der Waals surface area contributed by atoms with E-state index in [9.17, 15) is 14.4 Å². The molecule has 0 heterocycles. The lowest BCUT2D eigenvalue weighted by Crippen LogP contribution is -2.22. The fourth-order valence-electron chi connectivity index (χ4n) is 2.20. The third-order valence-corrected chi connectivity index (χ3v) is 3.64. The second kappa shape index (κ2) is 13.7. The summed E-state index contributed by atoms with van der Waals surface area (Å²) in [5.41, 5.74) is 0.914. The molecule has 1 rings (SSSR count). The van der Waals surface area contributed by atoms with E-state index in [1.54, 1.807) is 36.6 Å². The maximum absolute atomic E-state index is 11.9. The van der Waals surface area contributed by atoms with Crippen molar-refractivity contribution in [1.82, 2.24) is 0 Å². The molecule has 1 unspecified atom stereocenters. The number of esters is 2. The second-order valence-corrected chi connectivity index (χ2v) is 5.69. The summed E-state index contributed by atoms with van der Waals surface area (Å²) in [4.78, 5) is 37.6. The SMILES string of the molecule is C=Cc1ccc(OC(=O)CCCOC(=O)C(CCCCOC#N)N=C=O)cc1. The minimum absolute atomic E-state index is 0.00571. The molecule has 28 heavy (non-hydrogen) atoms.